The van der Waals surface area contributed by atoms with E-state index in [0.717, 1.165) is 27.5 Å². The molecule has 2 aromatic carbocycles. The van der Waals surface area contributed by atoms with Crippen LogP contribution in [0, 0.1) is 0 Å². The summed E-state index contributed by atoms with van der Waals surface area (Å²) in [6.45, 7) is 5.44. The van der Waals surface area contributed by atoms with E-state index >= 15 is 0 Å². The predicted octanol–water partition coefficient (Wildman–Crippen LogP) is 4.66. The lowest BCUT2D eigenvalue weighted by atomic mass is 9.95. The number of nitrogens with one attached hydrogen (secondary N) is 1. The Morgan fingerprint density at radius 3 is 2.43 bits per heavy atom. The largest absolute Gasteiger partial charge is 0.458 e. The smallest absolute Gasteiger partial charge is 0.407 e. The molecule has 0 unspecified atom stereocenters. The molecule has 10 heteroatoms. The summed E-state index contributed by atoms with van der Waals surface area (Å²) in [4.78, 5) is 42.6. The van der Waals surface area contributed by atoms with Crippen LogP contribution in [0.2, 0.25) is 0 Å². The monoisotopic (exact) mass is 515 g/mol. The van der Waals surface area contributed by atoms with Gasteiger partial charge in [0.15, 0.2) is 9.88 Å². The van der Waals surface area contributed by atoms with Crippen LogP contribution in [-0.2, 0) is 25.7 Å². The number of nitrogens with zero attached hydrogens (tertiary/aromatic N) is 1. The van der Waals surface area contributed by atoms with Gasteiger partial charge in [-0.3, -0.25) is 4.79 Å². The Kier molecular flexibility index (Phi) is 8.87. The number of nitrogens with two attached hydrogens (primary N) is 1. The number of esters is 1. The third-order valence-corrected chi connectivity index (χ3v) is 6.96. The van der Waals surface area contributed by atoms with Crippen LogP contribution in [0.25, 0.3) is 10.2 Å². The van der Waals surface area contributed by atoms with Crippen molar-refractivity contribution in [3.63, 3.8) is 0 Å². The minimum Gasteiger partial charge on any atom is -0.458 e. The predicted molar refractivity (Wildman–Crippen MR) is 137 cm³/mol. The molecule has 0 radical (unpaired) electrons. The van der Waals surface area contributed by atoms with E-state index < -0.39 is 28.3 Å². The number of thiazole rings is 1. The van der Waals surface area contributed by atoms with Gasteiger partial charge >= 0.3 is 12.1 Å². The van der Waals surface area contributed by atoms with E-state index in [2.05, 4.69) is 10.3 Å². The zero-order valence-electron chi connectivity index (χ0n) is 19.9. The average Bonchev–Trinajstić information content (AvgIpc) is 3.22. The molecule has 0 fully saturated rings. The Morgan fingerprint density at radius 2 is 1.74 bits per heavy atom. The van der Waals surface area contributed by atoms with Gasteiger partial charge in [0.25, 0.3) is 0 Å². The summed E-state index contributed by atoms with van der Waals surface area (Å²) < 4.78 is 12.1. The number of hydrogen-bond donors (Lipinski definition) is 2. The molecule has 1 aromatic heterocycles. The van der Waals surface area contributed by atoms with Crippen molar-refractivity contribution in [3.8, 4) is 0 Å². The Hall–Kier alpha value is -2.95. The molecule has 3 aromatic rings. The second-order valence-electron chi connectivity index (χ2n) is 8.90. The summed E-state index contributed by atoms with van der Waals surface area (Å²) in [5.74, 6) is -0.810. The Bertz CT molecular complexity index is 1140. The highest BCUT2D eigenvalue weighted by Gasteiger charge is 2.45. The first-order valence-electron chi connectivity index (χ1n) is 11.1. The van der Waals surface area contributed by atoms with E-state index in [0.29, 0.717) is 4.34 Å². The summed E-state index contributed by atoms with van der Waals surface area (Å²) in [7, 11) is 0. The fourth-order valence-corrected chi connectivity index (χ4v) is 5.08. The van der Waals surface area contributed by atoms with Gasteiger partial charge in [-0.2, -0.15) is 0 Å². The van der Waals surface area contributed by atoms with Crippen LogP contribution in [0.4, 0.5) is 4.79 Å². The third-order valence-electron chi connectivity index (χ3n) is 4.81. The topological polar surface area (TPSA) is 121 Å². The number of thioether (sulfide) groups is 1. The van der Waals surface area contributed by atoms with Crippen LogP contribution < -0.4 is 11.1 Å². The standard InChI is InChI=1S/C25H29N3O5S2/c1-24(2,3)33-20(29)25(26,21(30)35-23-28-18-12-7-8-13-19(18)34-23)14-9-15-27-22(31)32-16-17-10-5-4-6-11-17/h4-8,10-13H,9,14-16,26H2,1-3H3,(H,27,31)/t25-/m1/s1. The number of ether oxygens (including phenoxy) is 2. The van der Waals surface area contributed by atoms with Crippen LogP contribution in [0.15, 0.2) is 58.9 Å². The molecule has 0 saturated carbocycles. The van der Waals surface area contributed by atoms with Gasteiger partial charge in [0.2, 0.25) is 5.12 Å². The van der Waals surface area contributed by atoms with Crippen molar-refractivity contribution in [3.05, 3.63) is 60.2 Å². The molecule has 1 amide bonds. The molecule has 1 heterocycles. The molecule has 8 nitrogen and oxygen atoms in total. The number of para-hydroxylation sites is 1. The highest BCUT2D eigenvalue weighted by Crippen LogP contribution is 2.33. The molecule has 3 rings (SSSR count). The summed E-state index contributed by atoms with van der Waals surface area (Å²) >= 11 is 2.18. The summed E-state index contributed by atoms with van der Waals surface area (Å²) in [5.41, 5.74) is 5.30. The van der Waals surface area contributed by atoms with E-state index in [9.17, 15) is 14.4 Å². The first-order valence-corrected chi connectivity index (χ1v) is 12.7. The van der Waals surface area contributed by atoms with Gasteiger partial charge in [-0.15, -0.1) is 11.3 Å². The normalized spacial score (nSPS) is 13.1. The number of fused-ring (bicyclic) bond motifs is 1. The van der Waals surface area contributed by atoms with Gasteiger partial charge in [-0.1, -0.05) is 42.5 Å². The van der Waals surface area contributed by atoms with Crippen LogP contribution in [0.5, 0.6) is 0 Å². The zero-order chi connectivity index (χ0) is 25.5. The lowest BCUT2D eigenvalue weighted by Crippen LogP contribution is -2.56. The number of aromatic nitrogens is 1. The highest BCUT2D eigenvalue weighted by molar-refractivity contribution is 8.15. The lowest BCUT2D eigenvalue weighted by Gasteiger charge is -2.29. The first-order chi connectivity index (χ1) is 16.6. The molecule has 0 aliphatic rings. The molecule has 0 spiro atoms. The van der Waals surface area contributed by atoms with Gasteiger partial charge in [-0.25, -0.2) is 14.6 Å². The van der Waals surface area contributed by atoms with Crippen molar-refractivity contribution in [2.24, 2.45) is 5.73 Å². The number of amides is 1. The number of carbonyl (C=O) groups excluding carboxylic acids is 3. The molecular weight excluding hydrogens is 486 g/mol. The second kappa shape index (κ2) is 11.7. The lowest BCUT2D eigenvalue weighted by molar-refractivity contribution is -0.163. The van der Waals surface area contributed by atoms with Gasteiger partial charge in [0.1, 0.15) is 12.2 Å². The molecular formula is C25H29N3O5S2. The maximum absolute atomic E-state index is 13.2. The molecule has 0 saturated heterocycles. The van der Waals surface area contributed by atoms with Gasteiger partial charge < -0.3 is 20.5 Å². The van der Waals surface area contributed by atoms with Crippen LogP contribution in [-0.4, -0.2) is 39.8 Å². The van der Waals surface area contributed by atoms with E-state index in [1.165, 1.54) is 11.3 Å². The van der Waals surface area contributed by atoms with Crippen LogP contribution in [0.3, 0.4) is 0 Å². The van der Waals surface area contributed by atoms with Gasteiger partial charge in [0, 0.05) is 6.54 Å². The quantitative estimate of drug-likeness (QED) is 0.183. The molecule has 3 N–H and O–H groups in total. The number of hydrogen-bond acceptors (Lipinski definition) is 9. The van der Waals surface area contributed by atoms with Gasteiger partial charge in [0.05, 0.1) is 10.2 Å². The first kappa shape index (κ1) is 26.7. The van der Waals surface area contributed by atoms with E-state index in [1.54, 1.807) is 20.8 Å². The maximum atomic E-state index is 13.2. The summed E-state index contributed by atoms with van der Waals surface area (Å²) in [5, 5.41) is 2.06. The van der Waals surface area contributed by atoms with Crippen molar-refractivity contribution < 1.29 is 23.9 Å². The number of alkyl carbamates (subject to hydrolysis) is 1. The highest BCUT2D eigenvalue weighted by atomic mass is 32.2. The SMILES string of the molecule is CC(C)(C)OC(=O)[C@](N)(CCCNC(=O)OCc1ccccc1)C(=O)Sc1nc2ccccc2s1. The van der Waals surface area contributed by atoms with Crippen molar-refractivity contribution in [2.75, 3.05) is 6.54 Å². The summed E-state index contributed by atoms with van der Waals surface area (Å²) in [6.07, 6.45) is -0.344. The fraction of sp³-hybridized carbons (Fsp3) is 0.360. The molecule has 0 aliphatic carbocycles. The summed E-state index contributed by atoms with van der Waals surface area (Å²) in [6, 6.07) is 16.8. The minimum atomic E-state index is -1.90. The maximum Gasteiger partial charge on any atom is 0.407 e. The molecule has 186 valence electrons. The molecule has 1 atom stereocenters. The molecule has 0 bridgehead atoms. The fourth-order valence-electron chi connectivity index (χ4n) is 3.05. The number of rotatable bonds is 9. The van der Waals surface area contributed by atoms with E-state index in [-0.39, 0.29) is 26.0 Å². The van der Waals surface area contributed by atoms with Crippen LogP contribution in [0.1, 0.15) is 39.2 Å². The Balaban J connectivity index is 1.60. The third kappa shape index (κ3) is 7.78. The Morgan fingerprint density at radius 1 is 1.06 bits per heavy atom. The Labute approximate surface area is 212 Å². The second-order valence-corrected chi connectivity index (χ2v) is 11.2. The van der Waals surface area contributed by atoms with Crippen molar-refractivity contribution in [2.45, 2.75) is 55.7 Å². The zero-order valence-corrected chi connectivity index (χ0v) is 21.5. The van der Waals surface area contributed by atoms with Crippen molar-refractivity contribution in [1.82, 2.24) is 10.3 Å². The molecule has 0 aliphatic heterocycles. The number of carbonyl (C=O) groups is 3. The van der Waals surface area contributed by atoms with Crippen LogP contribution >= 0.6 is 23.1 Å². The van der Waals surface area contributed by atoms with E-state index in [4.69, 9.17) is 15.2 Å². The molecule has 35 heavy (non-hydrogen) atoms. The number of benzene rings is 2. The average molecular weight is 516 g/mol. The van der Waals surface area contributed by atoms with Crippen molar-refractivity contribution in [1.29, 1.82) is 0 Å². The minimum absolute atomic E-state index is 0.0163. The van der Waals surface area contributed by atoms with Gasteiger partial charge in [-0.05, 0) is 63.1 Å². The van der Waals surface area contributed by atoms with E-state index in [1.807, 2.05) is 54.6 Å². The van der Waals surface area contributed by atoms with Crippen molar-refractivity contribution >= 4 is 50.5 Å².